The van der Waals surface area contributed by atoms with Crippen LogP contribution in [0.5, 0.6) is 0 Å². The van der Waals surface area contributed by atoms with Gasteiger partial charge in [0.2, 0.25) is 0 Å². The molecule has 0 fully saturated rings. The predicted molar refractivity (Wildman–Crippen MR) is 159 cm³/mol. The Kier molecular flexibility index (Phi) is 50.3. The molecule has 2 nitrogen and oxygen atoms in total. The van der Waals surface area contributed by atoms with Gasteiger partial charge in [-0.2, -0.15) is 0 Å². The third-order valence-electron chi connectivity index (χ3n) is 3.28. The van der Waals surface area contributed by atoms with Crippen molar-refractivity contribution in [1.82, 2.24) is 0 Å². The topological polar surface area (TPSA) is 35.2 Å². The molecule has 0 amide bonds. The summed E-state index contributed by atoms with van der Waals surface area (Å²) in [6.45, 7) is 26.1. The molecule has 0 bridgehead atoms. The minimum Gasteiger partial charge on any atom is -0.292 e. The maximum Gasteiger partial charge on any atom is 0.129 e. The van der Waals surface area contributed by atoms with E-state index in [0.29, 0.717) is 0 Å². The predicted octanol–water partition coefficient (Wildman–Crippen LogP) is 10.8. The summed E-state index contributed by atoms with van der Waals surface area (Å²) in [5, 5.41) is 0. The zero-order chi connectivity index (χ0) is 27.6. The van der Waals surface area contributed by atoms with Gasteiger partial charge < -0.3 is 0 Å². The van der Waals surface area contributed by atoms with Crippen LogP contribution >= 0.6 is 0 Å². The summed E-state index contributed by atoms with van der Waals surface area (Å²) in [6.07, 6.45) is -0.188. The van der Waals surface area contributed by atoms with Crippen molar-refractivity contribution in [3.05, 3.63) is 108 Å². The van der Waals surface area contributed by atoms with E-state index in [0.717, 1.165) is 11.1 Å². The Bertz CT molecular complexity index is 600. The van der Waals surface area contributed by atoms with Crippen LogP contribution in [0.25, 0.3) is 0 Å². The highest BCUT2D eigenvalue weighted by Crippen LogP contribution is 2.23. The second kappa shape index (κ2) is 40.9. The van der Waals surface area contributed by atoms with E-state index in [1.54, 1.807) is 0 Å². The molecule has 3 aromatic rings. The first kappa shape index (κ1) is 41.8. The molecule has 0 saturated carbocycles. The maximum atomic E-state index is 5.34. The molecule has 0 heterocycles. The molecule has 0 aromatic heterocycles. The number of rotatable bonds is 3. The number of hydrogen-bond acceptors (Lipinski definition) is 2. The summed E-state index contributed by atoms with van der Waals surface area (Å²) in [5.74, 6) is 5.34. The van der Waals surface area contributed by atoms with Gasteiger partial charge in [-0.15, -0.1) is 0 Å². The monoisotopic (exact) mass is 471 g/mol. The van der Waals surface area contributed by atoms with E-state index < -0.39 is 0 Å². The fourth-order valence-corrected chi connectivity index (χ4v) is 2.14. The van der Waals surface area contributed by atoms with E-state index in [1.807, 2.05) is 162 Å². The van der Waals surface area contributed by atoms with Crippen molar-refractivity contribution in [1.29, 1.82) is 0 Å². The molecule has 0 atom stereocenters. The van der Waals surface area contributed by atoms with E-state index in [1.165, 1.54) is 5.56 Å². The van der Waals surface area contributed by atoms with Crippen LogP contribution in [0.3, 0.4) is 0 Å². The van der Waals surface area contributed by atoms with Crippen molar-refractivity contribution >= 4 is 0 Å². The van der Waals surface area contributed by atoms with E-state index in [-0.39, 0.29) is 6.10 Å². The van der Waals surface area contributed by atoms with Crippen LogP contribution in [0.4, 0.5) is 0 Å². The van der Waals surface area contributed by atoms with Crippen LogP contribution in [0.1, 0.15) is 106 Å². The Hall–Kier alpha value is -2.42. The fraction of sp³-hybridized carbons (Fsp3) is 0.438. The lowest BCUT2D eigenvalue weighted by Crippen LogP contribution is -2.10. The van der Waals surface area contributed by atoms with Gasteiger partial charge in [-0.3, -0.25) is 4.84 Å². The second-order valence-corrected chi connectivity index (χ2v) is 4.99. The number of benzene rings is 3. The Labute approximate surface area is 214 Å². The molecule has 0 aliphatic rings. The molecule has 196 valence electrons. The summed E-state index contributed by atoms with van der Waals surface area (Å²) >= 11 is 0. The van der Waals surface area contributed by atoms with Gasteiger partial charge in [0.25, 0.3) is 0 Å². The molecule has 0 aliphatic carbocycles. The number of nitrogens with two attached hydrogens (primary N) is 1. The van der Waals surface area contributed by atoms with Gasteiger partial charge in [0.05, 0.1) is 0 Å². The lowest BCUT2D eigenvalue weighted by molar-refractivity contribution is 0.0813. The molecule has 0 saturated heterocycles. The van der Waals surface area contributed by atoms with Crippen molar-refractivity contribution in [3.8, 4) is 0 Å². The second-order valence-electron chi connectivity index (χ2n) is 4.99. The molecule has 3 aromatic carbocycles. The molecule has 2 N–H and O–H groups in total. The quantitative estimate of drug-likeness (QED) is 0.385. The van der Waals surface area contributed by atoms with Gasteiger partial charge in [-0.05, 0) is 18.1 Å². The molecule has 34 heavy (non-hydrogen) atoms. The first-order chi connectivity index (χ1) is 16.8. The molecule has 0 aliphatic heterocycles. The van der Waals surface area contributed by atoms with Crippen molar-refractivity contribution in [2.75, 3.05) is 0 Å². The van der Waals surface area contributed by atoms with Crippen LogP contribution < -0.4 is 5.90 Å². The lowest BCUT2D eigenvalue weighted by atomic mass is 10.0. The molecule has 3 rings (SSSR count). The highest BCUT2D eigenvalue weighted by Gasteiger charge is 2.12. The highest BCUT2D eigenvalue weighted by molar-refractivity contribution is 5.29. The van der Waals surface area contributed by atoms with Crippen LogP contribution in [0, 0.1) is 6.92 Å². The van der Waals surface area contributed by atoms with Crippen molar-refractivity contribution in [2.24, 2.45) is 5.90 Å². The molecular formula is C32H57NO. The Morgan fingerprint density at radius 1 is 0.441 bits per heavy atom. The van der Waals surface area contributed by atoms with Crippen LogP contribution in [-0.4, -0.2) is 0 Å². The standard InChI is InChI=1S/C13H13NO.C7H8.6C2H6/c14-15-13(11-7-3-1-4-8-11)12-9-5-2-6-10-12;1-7-5-3-2-4-6-7;6*1-2/h1-10,13H,14H2;2-6H,1H3;6*1-2H3. The fourth-order valence-electron chi connectivity index (χ4n) is 2.14. The molecule has 2 heteroatoms. The normalized spacial score (nSPS) is 7.50. The zero-order valence-electron chi connectivity index (χ0n) is 24.7. The van der Waals surface area contributed by atoms with Crippen LogP contribution in [0.2, 0.25) is 0 Å². The van der Waals surface area contributed by atoms with Gasteiger partial charge in [0, 0.05) is 0 Å². The largest absolute Gasteiger partial charge is 0.292 e. The van der Waals surface area contributed by atoms with Crippen molar-refractivity contribution < 1.29 is 4.84 Å². The lowest BCUT2D eigenvalue weighted by Gasteiger charge is -2.14. The Morgan fingerprint density at radius 3 is 0.853 bits per heavy atom. The summed E-state index contributed by atoms with van der Waals surface area (Å²) in [5.41, 5.74) is 3.44. The molecule has 0 radical (unpaired) electrons. The maximum absolute atomic E-state index is 5.34. The van der Waals surface area contributed by atoms with E-state index in [9.17, 15) is 0 Å². The minimum absolute atomic E-state index is 0.188. The summed E-state index contributed by atoms with van der Waals surface area (Å²) in [4.78, 5) is 5.02. The number of hydrogen-bond donors (Lipinski definition) is 1. The Morgan fingerprint density at radius 2 is 0.676 bits per heavy atom. The smallest absolute Gasteiger partial charge is 0.129 e. The zero-order valence-corrected chi connectivity index (χ0v) is 24.7. The van der Waals surface area contributed by atoms with E-state index >= 15 is 0 Å². The van der Waals surface area contributed by atoms with E-state index in [2.05, 4.69) is 19.1 Å². The Balaban J connectivity index is -0.000000125. The van der Waals surface area contributed by atoms with Gasteiger partial charge in [0.1, 0.15) is 6.10 Å². The molecule has 0 unspecified atom stereocenters. The third kappa shape index (κ3) is 24.2. The summed E-state index contributed by atoms with van der Waals surface area (Å²) < 4.78 is 0. The third-order valence-corrected chi connectivity index (χ3v) is 3.28. The van der Waals surface area contributed by atoms with Crippen molar-refractivity contribution in [3.63, 3.8) is 0 Å². The van der Waals surface area contributed by atoms with Crippen LogP contribution in [0.15, 0.2) is 91.0 Å². The first-order valence-corrected chi connectivity index (χ1v) is 13.3. The van der Waals surface area contributed by atoms with Gasteiger partial charge in [-0.1, -0.05) is 180 Å². The minimum atomic E-state index is -0.188. The average molecular weight is 472 g/mol. The van der Waals surface area contributed by atoms with Crippen LogP contribution in [-0.2, 0) is 4.84 Å². The molecule has 0 spiro atoms. The highest BCUT2D eigenvalue weighted by atomic mass is 16.6. The summed E-state index contributed by atoms with van der Waals surface area (Å²) in [7, 11) is 0. The van der Waals surface area contributed by atoms with Gasteiger partial charge in [0.15, 0.2) is 0 Å². The SMILES string of the molecule is CC.CC.CC.CC.CC.CC.Cc1ccccc1.NOC(c1ccccc1)c1ccccc1. The first-order valence-electron chi connectivity index (χ1n) is 13.3. The van der Waals surface area contributed by atoms with E-state index in [4.69, 9.17) is 10.7 Å². The average Bonchev–Trinajstić information content (AvgIpc) is 2.98. The van der Waals surface area contributed by atoms with Gasteiger partial charge in [-0.25, -0.2) is 5.90 Å². The number of aryl methyl sites for hydroxylation is 1. The summed E-state index contributed by atoms with van der Waals surface area (Å²) in [6, 6.07) is 30.1. The van der Waals surface area contributed by atoms with Gasteiger partial charge >= 0.3 is 0 Å². The van der Waals surface area contributed by atoms with Crippen molar-refractivity contribution in [2.45, 2.75) is 96.1 Å². The molecular weight excluding hydrogens is 414 g/mol.